The third-order valence-corrected chi connectivity index (χ3v) is 3.20. The number of nitrogens with one attached hydrogen (secondary N) is 2. The van der Waals surface area contributed by atoms with Gasteiger partial charge in [-0.1, -0.05) is 19.3 Å². The van der Waals surface area contributed by atoms with Crippen molar-refractivity contribution in [3.05, 3.63) is 23.9 Å². The lowest BCUT2D eigenvalue weighted by Gasteiger charge is -2.30. The Labute approximate surface area is 95.4 Å². The average Bonchev–Trinajstić information content (AvgIpc) is 2.31. The van der Waals surface area contributed by atoms with Gasteiger partial charge in [-0.25, -0.2) is 4.79 Å². The summed E-state index contributed by atoms with van der Waals surface area (Å²) in [6, 6.07) is 0.445. The lowest BCUT2D eigenvalue weighted by molar-refractivity contribution is -0.133. The molecule has 4 nitrogen and oxygen atoms in total. The maximum Gasteiger partial charge on any atom is 0.335 e. The molecule has 1 aliphatic heterocycles. The second-order valence-electron chi connectivity index (χ2n) is 4.39. The molecule has 88 valence electrons. The highest BCUT2D eigenvalue weighted by molar-refractivity contribution is 5.88. The van der Waals surface area contributed by atoms with Gasteiger partial charge in [0.1, 0.15) is 6.17 Å². The minimum absolute atomic E-state index is 0.245. The Morgan fingerprint density at radius 3 is 2.81 bits per heavy atom. The number of hydrogen-bond acceptors (Lipinski definition) is 3. The molecule has 0 aromatic carbocycles. The molecule has 1 unspecified atom stereocenters. The Morgan fingerprint density at radius 2 is 2.12 bits per heavy atom. The second-order valence-corrected chi connectivity index (χ2v) is 4.39. The summed E-state index contributed by atoms with van der Waals surface area (Å²) in [5.41, 5.74) is 0.396. The quantitative estimate of drug-likeness (QED) is 0.675. The lowest BCUT2D eigenvalue weighted by atomic mass is 9.95. The van der Waals surface area contributed by atoms with Crippen LogP contribution in [0.3, 0.4) is 0 Å². The summed E-state index contributed by atoms with van der Waals surface area (Å²) >= 11 is 0. The van der Waals surface area contributed by atoms with Crippen molar-refractivity contribution < 1.29 is 9.90 Å². The van der Waals surface area contributed by atoms with Crippen LogP contribution in [0.5, 0.6) is 0 Å². The zero-order valence-corrected chi connectivity index (χ0v) is 9.28. The molecular weight excluding hydrogens is 204 g/mol. The highest BCUT2D eigenvalue weighted by Gasteiger charge is 2.24. The van der Waals surface area contributed by atoms with Gasteiger partial charge < -0.3 is 10.4 Å². The maximum atomic E-state index is 11.0. The molecule has 1 atom stereocenters. The molecule has 0 amide bonds. The average molecular weight is 222 g/mol. The smallest absolute Gasteiger partial charge is 0.335 e. The van der Waals surface area contributed by atoms with E-state index in [-0.39, 0.29) is 6.17 Å². The number of rotatable bonds is 3. The van der Waals surface area contributed by atoms with E-state index >= 15 is 0 Å². The van der Waals surface area contributed by atoms with Gasteiger partial charge in [-0.05, 0) is 31.2 Å². The number of carbonyl (C=O) groups is 1. The second kappa shape index (κ2) is 5.16. The largest absolute Gasteiger partial charge is 0.478 e. The highest BCUT2D eigenvalue weighted by atomic mass is 16.4. The number of carboxylic acids is 1. The van der Waals surface area contributed by atoms with Crippen molar-refractivity contribution in [1.82, 2.24) is 10.6 Å². The van der Waals surface area contributed by atoms with Crippen LogP contribution < -0.4 is 10.6 Å². The standard InChI is InChI=1S/C12H18N2O2/c15-12(16)10-7-4-8-13-11(10)14-9-5-2-1-3-6-9/h4,7-9,11,13-14H,1-3,5-6H2,(H,15,16). The van der Waals surface area contributed by atoms with Crippen LogP contribution in [-0.2, 0) is 4.79 Å². The van der Waals surface area contributed by atoms with Crippen molar-refractivity contribution >= 4 is 5.97 Å². The monoisotopic (exact) mass is 222 g/mol. The minimum Gasteiger partial charge on any atom is -0.478 e. The van der Waals surface area contributed by atoms with Gasteiger partial charge in [-0.15, -0.1) is 0 Å². The van der Waals surface area contributed by atoms with Crippen molar-refractivity contribution in [3.8, 4) is 0 Å². The lowest BCUT2D eigenvalue weighted by Crippen LogP contribution is -2.49. The number of carboxylic acid groups (broad SMARTS) is 1. The summed E-state index contributed by atoms with van der Waals surface area (Å²) < 4.78 is 0. The summed E-state index contributed by atoms with van der Waals surface area (Å²) in [6.07, 6.45) is 11.0. The van der Waals surface area contributed by atoms with Gasteiger partial charge in [0.25, 0.3) is 0 Å². The van der Waals surface area contributed by atoms with Gasteiger partial charge in [0.2, 0.25) is 0 Å². The molecule has 4 heteroatoms. The number of allylic oxidation sites excluding steroid dienone is 2. The van der Waals surface area contributed by atoms with E-state index in [0.29, 0.717) is 11.6 Å². The normalized spacial score (nSPS) is 26.0. The van der Waals surface area contributed by atoms with E-state index in [0.717, 1.165) is 12.8 Å². The van der Waals surface area contributed by atoms with Gasteiger partial charge >= 0.3 is 5.97 Å². The third-order valence-electron chi connectivity index (χ3n) is 3.20. The Hall–Kier alpha value is -1.29. The maximum absolute atomic E-state index is 11.0. The topological polar surface area (TPSA) is 61.4 Å². The number of hydrogen-bond donors (Lipinski definition) is 3. The van der Waals surface area contributed by atoms with Crippen molar-refractivity contribution in [2.45, 2.75) is 44.3 Å². The molecule has 1 aliphatic carbocycles. The van der Waals surface area contributed by atoms with Crippen molar-refractivity contribution in [2.24, 2.45) is 0 Å². The Bertz CT molecular complexity index is 317. The van der Waals surface area contributed by atoms with Crippen molar-refractivity contribution in [1.29, 1.82) is 0 Å². The molecule has 16 heavy (non-hydrogen) atoms. The van der Waals surface area contributed by atoms with E-state index in [9.17, 15) is 4.79 Å². The summed E-state index contributed by atoms with van der Waals surface area (Å²) in [7, 11) is 0. The fraction of sp³-hybridized carbons (Fsp3) is 0.583. The molecule has 1 heterocycles. The van der Waals surface area contributed by atoms with E-state index in [4.69, 9.17) is 5.11 Å². The van der Waals surface area contributed by atoms with E-state index in [1.807, 2.05) is 0 Å². The summed E-state index contributed by atoms with van der Waals surface area (Å²) in [6.45, 7) is 0. The minimum atomic E-state index is -0.856. The molecule has 1 fully saturated rings. The summed E-state index contributed by atoms with van der Waals surface area (Å²) in [4.78, 5) is 11.0. The molecule has 0 saturated heterocycles. The zero-order valence-electron chi connectivity index (χ0n) is 9.28. The first-order valence-electron chi connectivity index (χ1n) is 5.89. The van der Waals surface area contributed by atoms with Gasteiger partial charge in [-0.3, -0.25) is 5.32 Å². The molecule has 0 aromatic heterocycles. The molecule has 2 aliphatic rings. The van der Waals surface area contributed by atoms with Crippen molar-refractivity contribution in [3.63, 3.8) is 0 Å². The zero-order chi connectivity index (χ0) is 11.4. The first kappa shape index (κ1) is 11.2. The van der Waals surface area contributed by atoms with E-state index in [2.05, 4.69) is 10.6 Å². The van der Waals surface area contributed by atoms with Gasteiger partial charge in [-0.2, -0.15) is 0 Å². The van der Waals surface area contributed by atoms with Gasteiger partial charge in [0.05, 0.1) is 5.57 Å². The van der Waals surface area contributed by atoms with Crippen LogP contribution in [-0.4, -0.2) is 23.3 Å². The van der Waals surface area contributed by atoms with Crippen LogP contribution in [0.15, 0.2) is 23.9 Å². The van der Waals surface area contributed by atoms with Crippen LogP contribution in [0.4, 0.5) is 0 Å². The van der Waals surface area contributed by atoms with E-state index in [1.165, 1.54) is 19.3 Å². The van der Waals surface area contributed by atoms with Crippen molar-refractivity contribution in [2.75, 3.05) is 0 Å². The SMILES string of the molecule is O=C(O)C1=CC=CNC1NC1CCCCC1. The van der Waals surface area contributed by atoms with Crippen LogP contribution in [0.1, 0.15) is 32.1 Å². The van der Waals surface area contributed by atoms with Crippen LogP contribution in [0.25, 0.3) is 0 Å². The molecule has 0 spiro atoms. The first-order chi connectivity index (χ1) is 7.77. The molecule has 0 aromatic rings. The molecule has 2 rings (SSSR count). The number of dihydropyridines is 1. The van der Waals surface area contributed by atoms with Gasteiger partial charge in [0, 0.05) is 6.04 Å². The van der Waals surface area contributed by atoms with Crippen LogP contribution in [0.2, 0.25) is 0 Å². The first-order valence-corrected chi connectivity index (χ1v) is 5.89. The Morgan fingerprint density at radius 1 is 1.38 bits per heavy atom. The summed E-state index contributed by atoms with van der Waals surface area (Å²) in [5.74, 6) is -0.856. The Kier molecular flexibility index (Phi) is 3.62. The fourth-order valence-corrected chi connectivity index (χ4v) is 2.33. The highest BCUT2D eigenvalue weighted by Crippen LogP contribution is 2.19. The molecule has 0 bridgehead atoms. The predicted octanol–water partition coefficient (Wildman–Crippen LogP) is 1.36. The van der Waals surface area contributed by atoms with E-state index < -0.39 is 5.97 Å². The predicted molar refractivity (Wildman–Crippen MR) is 61.8 cm³/mol. The van der Waals surface area contributed by atoms with Crippen LogP contribution in [0, 0.1) is 0 Å². The number of aliphatic carboxylic acids is 1. The third kappa shape index (κ3) is 2.64. The summed E-state index contributed by atoms with van der Waals surface area (Å²) in [5, 5.41) is 15.5. The fourth-order valence-electron chi connectivity index (χ4n) is 2.33. The van der Waals surface area contributed by atoms with E-state index in [1.54, 1.807) is 18.4 Å². The Balaban J connectivity index is 1.95. The molecule has 3 N–H and O–H groups in total. The molecular formula is C12H18N2O2. The molecule has 1 saturated carbocycles. The van der Waals surface area contributed by atoms with Crippen LogP contribution >= 0.6 is 0 Å². The molecule has 0 radical (unpaired) electrons. The van der Waals surface area contributed by atoms with Gasteiger partial charge in [0.15, 0.2) is 0 Å².